The van der Waals surface area contributed by atoms with Gasteiger partial charge < -0.3 is 15.1 Å². The van der Waals surface area contributed by atoms with E-state index in [0.29, 0.717) is 17.9 Å². The van der Waals surface area contributed by atoms with Crippen molar-refractivity contribution in [2.45, 2.75) is 32.2 Å². The largest absolute Gasteiger partial charge is 0.342 e. The number of piperidine rings is 2. The molecule has 104 valence electrons. The van der Waals surface area contributed by atoms with Crippen molar-refractivity contribution in [1.82, 2.24) is 15.1 Å². The maximum atomic E-state index is 12.5. The van der Waals surface area contributed by atoms with Crippen LogP contribution in [-0.4, -0.2) is 62.0 Å². The van der Waals surface area contributed by atoms with E-state index in [2.05, 4.69) is 24.2 Å². The van der Waals surface area contributed by atoms with Gasteiger partial charge in [-0.25, -0.2) is 0 Å². The molecular weight excluding hydrogens is 226 g/mol. The molecule has 4 heteroatoms. The average Bonchev–Trinajstić information content (AvgIpc) is 2.38. The fourth-order valence-electron chi connectivity index (χ4n) is 3.19. The van der Waals surface area contributed by atoms with Gasteiger partial charge in [-0.05, 0) is 51.9 Å². The highest BCUT2D eigenvalue weighted by molar-refractivity contribution is 5.79. The molecule has 0 spiro atoms. The normalized spacial score (nSPS) is 31.3. The minimum Gasteiger partial charge on any atom is -0.342 e. The highest BCUT2D eigenvalue weighted by Gasteiger charge is 2.31. The van der Waals surface area contributed by atoms with Crippen molar-refractivity contribution in [3.8, 4) is 0 Å². The summed E-state index contributed by atoms with van der Waals surface area (Å²) in [5, 5.41) is 3.37. The van der Waals surface area contributed by atoms with Crippen molar-refractivity contribution in [1.29, 1.82) is 0 Å². The minimum atomic E-state index is 0.193. The summed E-state index contributed by atoms with van der Waals surface area (Å²) in [4.78, 5) is 16.9. The third-order valence-electron chi connectivity index (χ3n) is 4.50. The lowest BCUT2D eigenvalue weighted by Crippen LogP contribution is -2.49. The molecular formula is C14H27N3O. The van der Waals surface area contributed by atoms with Crippen molar-refractivity contribution >= 4 is 5.91 Å². The first-order valence-electron chi connectivity index (χ1n) is 7.24. The van der Waals surface area contributed by atoms with Crippen molar-refractivity contribution < 1.29 is 4.79 Å². The summed E-state index contributed by atoms with van der Waals surface area (Å²) in [5.74, 6) is 1.17. The summed E-state index contributed by atoms with van der Waals surface area (Å²) in [7, 11) is 4.16. The summed E-state index contributed by atoms with van der Waals surface area (Å²) in [6.45, 7) is 6.37. The summed E-state index contributed by atoms with van der Waals surface area (Å²) >= 11 is 0. The van der Waals surface area contributed by atoms with Crippen molar-refractivity contribution in [2.24, 2.45) is 11.8 Å². The molecule has 0 aromatic carbocycles. The Kier molecular flexibility index (Phi) is 4.62. The lowest BCUT2D eigenvalue weighted by atomic mass is 9.90. The number of rotatable bonds is 2. The predicted molar refractivity (Wildman–Crippen MR) is 73.4 cm³/mol. The quantitative estimate of drug-likeness (QED) is 0.790. The van der Waals surface area contributed by atoms with Gasteiger partial charge in [0.1, 0.15) is 0 Å². The maximum Gasteiger partial charge on any atom is 0.226 e. The Hall–Kier alpha value is -0.610. The number of hydrogen-bond acceptors (Lipinski definition) is 3. The van der Waals surface area contributed by atoms with Gasteiger partial charge in [0, 0.05) is 19.6 Å². The molecule has 1 amide bonds. The molecule has 0 radical (unpaired) electrons. The molecule has 0 bridgehead atoms. The number of carbonyl (C=O) groups excluding carboxylic acids is 1. The van der Waals surface area contributed by atoms with Gasteiger partial charge in [-0.3, -0.25) is 4.79 Å². The van der Waals surface area contributed by atoms with Gasteiger partial charge in [0.05, 0.1) is 5.92 Å². The van der Waals surface area contributed by atoms with E-state index in [0.717, 1.165) is 45.4 Å². The van der Waals surface area contributed by atoms with E-state index in [9.17, 15) is 4.79 Å². The average molecular weight is 253 g/mol. The second-order valence-electron chi connectivity index (χ2n) is 6.18. The van der Waals surface area contributed by atoms with Crippen LogP contribution in [0.2, 0.25) is 0 Å². The van der Waals surface area contributed by atoms with Crippen LogP contribution in [0, 0.1) is 11.8 Å². The monoisotopic (exact) mass is 253 g/mol. The van der Waals surface area contributed by atoms with E-state index in [1.54, 1.807) is 0 Å². The van der Waals surface area contributed by atoms with Crippen molar-refractivity contribution in [3.05, 3.63) is 0 Å². The Morgan fingerprint density at radius 3 is 2.56 bits per heavy atom. The van der Waals surface area contributed by atoms with Gasteiger partial charge in [-0.15, -0.1) is 0 Å². The first-order valence-corrected chi connectivity index (χ1v) is 7.24. The van der Waals surface area contributed by atoms with Gasteiger partial charge in [0.25, 0.3) is 0 Å². The number of likely N-dealkylation sites (tertiary alicyclic amines) is 1. The topological polar surface area (TPSA) is 35.6 Å². The van der Waals surface area contributed by atoms with Crippen LogP contribution in [-0.2, 0) is 4.79 Å². The second-order valence-corrected chi connectivity index (χ2v) is 6.18. The van der Waals surface area contributed by atoms with Crippen LogP contribution in [0.5, 0.6) is 0 Å². The Morgan fingerprint density at radius 1 is 1.28 bits per heavy atom. The number of nitrogens with one attached hydrogen (secondary N) is 1. The summed E-state index contributed by atoms with van der Waals surface area (Å²) < 4.78 is 0. The lowest BCUT2D eigenvalue weighted by molar-refractivity contribution is -0.138. The third kappa shape index (κ3) is 3.23. The van der Waals surface area contributed by atoms with Gasteiger partial charge in [-0.2, -0.15) is 0 Å². The predicted octanol–water partition coefficient (Wildman–Crippen LogP) is 0.785. The molecule has 2 unspecified atom stereocenters. The Morgan fingerprint density at radius 2 is 1.94 bits per heavy atom. The van der Waals surface area contributed by atoms with Crippen LogP contribution in [0.15, 0.2) is 0 Å². The van der Waals surface area contributed by atoms with Gasteiger partial charge >= 0.3 is 0 Å². The summed E-state index contributed by atoms with van der Waals surface area (Å²) in [6, 6.07) is 0.450. The van der Waals surface area contributed by atoms with E-state index in [1.165, 1.54) is 0 Å². The minimum absolute atomic E-state index is 0.193. The van der Waals surface area contributed by atoms with Crippen molar-refractivity contribution in [3.63, 3.8) is 0 Å². The standard InChI is InChI=1S/C14H27N3O/c1-11-8-12(10-15-9-11)14(18)17(3)13-4-6-16(2)7-5-13/h11-13,15H,4-10H2,1-3H3. The Bertz CT molecular complexity index is 287. The number of carbonyl (C=O) groups is 1. The van der Waals surface area contributed by atoms with E-state index in [4.69, 9.17) is 0 Å². The van der Waals surface area contributed by atoms with E-state index in [1.807, 2.05) is 11.9 Å². The number of hydrogen-bond donors (Lipinski definition) is 1. The molecule has 2 saturated heterocycles. The molecule has 0 saturated carbocycles. The molecule has 18 heavy (non-hydrogen) atoms. The highest BCUT2D eigenvalue weighted by Crippen LogP contribution is 2.21. The second kappa shape index (κ2) is 6.02. The lowest BCUT2D eigenvalue weighted by Gasteiger charge is -2.38. The van der Waals surface area contributed by atoms with Crippen molar-refractivity contribution in [2.75, 3.05) is 40.3 Å². The molecule has 2 aliphatic rings. The van der Waals surface area contributed by atoms with Crippen LogP contribution in [0.4, 0.5) is 0 Å². The van der Waals surface area contributed by atoms with E-state index in [-0.39, 0.29) is 5.92 Å². The van der Waals surface area contributed by atoms with Crippen LogP contribution >= 0.6 is 0 Å². The van der Waals surface area contributed by atoms with E-state index < -0.39 is 0 Å². The molecule has 0 aliphatic carbocycles. The molecule has 0 aromatic rings. The summed E-state index contributed by atoms with van der Waals surface area (Å²) in [5.41, 5.74) is 0. The van der Waals surface area contributed by atoms with Crippen LogP contribution in [0.1, 0.15) is 26.2 Å². The first kappa shape index (κ1) is 13.8. The molecule has 2 aliphatic heterocycles. The smallest absolute Gasteiger partial charge is 0.226 e. The van der Waals surface area contributed by atoms with Gasteiger partial charge in [0.2, 0.25) is 5.91 Å². The van der Waals surface area contributed by atoms with E-state index >= 15 is 0 Å². The van der Waals surface area contributed by atoms with Gasteiger partial charge in [0.15, 0.2) is 0 Å². The summed E-state index contributed by atoms with van der Waals surface area (Å²) in [6.07, 6.45) is 3.28. The molecule has 2 atom stereocenters. The molecule has 2 heterocycles. The molecule has 1 N–H and O–H groups in total. The SMILES string of the molecule is CC1CNCC(C(=O)N(C)C2CCN(C)CC2)C1. The van der Waals surface area contributed by atoms with Crippen LogP contribution < -0.4 is 5.32 Å². The Labute approximate surface area is 111 Å². The molecule has 2 fully saturated rings. The number of amides is 1. The third-order valence-corrected chi connectivity index (χ3v) is 4.50. The highest BCUT2D eigenvalue weighted by atomic mass is 16.2. The number of nitrogens with zero attached hydrogens (tertiary/aromatic N) is 2. The van der Waals surface area contributed by atoms with Gasteiger partial charge in [-0.1, -0.05) is 6.92 Å². The van der Waals surface area contributed by atoms with Crippen LogP contribution in [0.3, 0.4) is 0 Å². The molecule has 2 rings (SSSR count). The molecule has 0 aromatic heterocycles. The first-order chi connectivity index (χ1) is 8.58. The molecule has 4 nitrogen and oxygen atoms in total. The van der Waals surface area contributed by atoms with Crippen LogP contribution in [0.25, 0.3) is 0 Å². The Balaban J connectivity index is 1.87. The fourth-order valence-corrected chi connectivity index (χ4v) is 3.19. The zero-order chi connectivity index (χ0) is 13.1. The fraction of sp³-hybridized carbons (Fsp3) is 0.929. The zero-order valence-corrected chi connectivity index (χ0v) is 12.0. The zero-order valence-electron chi connectivity index (χ0n) is 12.0. The maximum absolute atomic E-state index is 12.5.